The third kappa shape index (κ3) is 2.78. The Morgan fingerprint density at radius 1 is 1.25 bits per heavy atom. The predicted molar refractivity (Wildman–Crippen MR) is 54.3 cm³/mol. The van der Waals surface area contributed by atoms with E-state index in [1.165, 1.54) is 32.1 Å². The molecule has 0 bridgehead atoms. The number of hydrogen-bond donors (Lipinski definition) is 1. The predicted octanol–water partition coefficient (Wildman–Crippen LogP) is 2.95. The average Bonchev–Trinajstić information content (AvgIpc) is 2.51. The van der Waals surface area contributed by atoms with E-state index in [-0.39, 0.29) is 0 Å². The first-order valence-corrected chi connectivity index (χ1v) is 5.50. The fourth-order valence-corrected chi connectivity index (χ4v) is 2.38. The van der Waals surface area contributed by atoms with Crippen molar-refractivity contribution in [2.45, 2.75) is 65.0 Å². The van der Waals surface area contributed by atoms with Gasteiger partial charge in [0.2, 0.25) is 0 Å². The van der Waals surface area contributed by atoms with Gasteiger partial charge in [-0.3, -0.25) is 0 Å². The monoisotopic (exact) mass is 169 g/mol. The van der Waals surface area contributed by atoms with E-state index >= 15 is 0 Å². The Labute approximate surface area is 76.9 Å². The van der Waals surface area contributed by atoms with Crippen molar-refractivity contribution < 1.29 is 0 Å². The van der Waals surface area contributed by atoms with Gasteiger partial charge in [-0.1, -0.05) is 33.6 Å². The Hall–Kier alpha value is -0.0400. The van der Waals surface area contributed by atoms with E-state index < -0.39 is 0 Å². The van der Waals surface area contributed by atoms with E-state index in [0.717, 1.165) is 12.0 Å². The van der Waals surface area contributed by atoms with E-state index in [4.69, 9.17) is 0 Å². The third-order valence-corrected chi connectivity index (χ3v) is 2.96. The van der Waals surface area contributed by atoms with Crippen LogP contribution in [0.4, 0.5) is 0 Å². The normalized spacial score (nSPS) is 22.0. The summed E-state index contributed by atoms with van der Waals surface area (Å²) in [5.41, 5.74) is 0. The maximum Gasteiger partial charge on any atom is 0.00950 e. The van der Waals surface area contributed by atoms with Crippen LogP contribution >= 0.6 is 0 Å². The van der Waals surface area contributed by atoms with Gasteiger partial charge >= 0.3 is 0 Å². The van der Waals surface area contributed by atoms with Crippen molar-refractivity contribution in [2.75, 3.05) is 0 Å². The summed E-state index contributed by atoms with van der Waals surface area (Å²) in [6, 6.07) is 1.43. The van der Waals surface area contributed by atoms with Crippen molar-refractivity contribution in [3.63, 3.8) is 0 Å². The lowest BCUT2D eigenvalue weighted by Crippen LogP contribution is -2.39. The van der Waals surface area contributed by atoms with Crippen LogP contribution in [-0.2, 0) is 0 Å². The zero-order chi connectivity index (χ0) is 8.97. The molecule has 12 heavy (non-hydrogen) atoms. The van der Waals surface area contributed by atoms with Crippen LogP contribution in [0.1, 0.15) is 52.9 Å². The minimum absolute atomic E-state index is 0.649. The largest absolute Gasteiger partial charge is 0.312 e. The molecule has 1 N–H and O–H groups in total. The standard InChI is InChI=1S/C11H23N/c1-4-11(12-9(2)3)10-7-5-6-8-10/h9-12H,4-8H2,1-3H3/t11-/m1/s1. The highest BCUT2D eigenvalue weighted by molar-refractivity contribution is 4.80. The number of rotatable bonds is 4. The molecular formula is C11H23N. The molecule has 1 heteroatoms. The van der Waals surface area contributed by atoms with Crippen molar-refractivity contribution in [3.8, 4) is 0 Å². The average molecular weight is 169 g/mol. The van der Waals surface area contributed by atoms with Gasteiger partial charge in [-0.25, -0.2) is 0 Å². The first-order chi connectivity index (χ1) is 5.74. The minimum Gasteiger partial charge on any atom is -0.312 e. The van der Waals surface area contributed by atoms with Gasteiger partial charge in [-0.15, -0.1) is 0 Å². The molecule has 0 unspecified atom stereocenters. The van der Waals surface area contributed by atoms with Crippen LogP contribution < -0.4 is 5.32 Å². The maximum absolute atomic E-state index is 3.67. The second-order valence-corrected chi connectivity index (χ2v) is 4.38. The van der Waals surface area contributed by atoms with Gasteiger partial charge in [-0.05, 0) is 25.2 Å². The molecule has 0 aromatic heterocycles. The lowest BCUT2D eigenvalue weighted by Gasteiger charge is -2.25. The fourth-order valence-electron chi connectivity index (χ4n) is 2.38. The third-order valence-electron chi connectivity index (χ3n) is 2.96. The summed E-state index contributed by atoms with van der Waals surface area (Å²) in [7, 11) is 0. The van der Waals surface area contributed by atoms with E-state index in [1.54, 1.807) is 0 Å². The molecule has 1 nitrogen and oxygen atoms in total. The summed E-state index contributed by atoms with van der Waals surface area (Å²) >= 11 is 0. The van der Waals surface area contributed by atoms with Gasteiger partial charge in [0.05, 0.1) is 0 Å². The van der Waals surface area contributed by atoms with E-state index in [2.05, 4.69) is 26.1 Å². The van der Waals surface area contributed by atoms with Gasteiger partial charge < -0.3 is 5.32 Å². The van der Waals surface area contributed by atoms with Crippen LogP contribution in [-0.4, -0.2) is 12.1 Å². The Balaban J connectivity index is 2.32. The molecule has 0 saturated heterocycles. The van der Waals surface area contributed by atoms with Crippen LogP contribution in [0.5, 0.6) is 0 Å². The van der Waals surface area contributed by atoms with Crippen LogP contribution in [0, 0.1) is 5.92 Å². The first kappa shape index (κ1) is 10.0. The Bertz CT molecular complexity index is 114. The van der Waals surface area contributed by atoms with Crippen molar-refractivity contribution in [1.82, 2.24) is 5.32 Å². The summed E-state index contributed by atoms with van der Waals surface area (Å²) in [5.74, 6) is 0.970. The molecule has 0 heterocycles. The summed E-state index contributed by atoms with van der Waals surface area (Å²) in [4.78, 5) is 0. The van der Waals surface area contributed by atoms with Crippen molar-refractivity contribution >= 4 is 0 Å². The molecule has 0 spiro atoms. The van der Waals surface area contributed by atoms with Gasteiger partial charge in [0.25, 0.3) is 0 Å². The summed E-state index contributed by atoms with van der Waals surface area (Å²) in [6.45, 7) is 6.80. The molecule has 1 rings (SSSR count). The Morgan fingerprint density at radius 2 is 1.83 bits per heavy atom. The molecular weight excluding hydrogens is 146 g/mol. The minimum atomic E-state index is 0.649. The lowest BCUT2D eigenvalue weighted by atomic mass is 9.95. The maximum atomic E-state index is 3.67. The Morgan fingerprint density at radius 3 is 2.25 bits per heavy atom. The van der Waals surface area contributed by atoms with Crippen LogP contribution in [0.3, 0.4) is 0 Å². The van der Waals surface area contributed by atoms with E-state index in [1.807, 2.05) is 0 Å². The summed E-state index contributed by atoms with van der Waals surface area (Å²) in [6.07, 6.45) is 7.13. The molecule has 0 aromatic carbocycles. The zero-order valence-corrected chi connectivity index (χ0v) is 8.77. The topological polar surface area (TPSA) is 12.0 Å². The number of hydrogen-bond acceptors (Lipinski definition) is 1. The van der Waals surface area contributed by atoms with Crippen LogP contribution in [0.2, 0.25) is 0 Å². The van der Waals surface area contributed by atoms with E-state index in [0.29, 0.717) is 6.04 Å². The molecule has 1 fully saturated rings. The molecule has 1 saturated carbocycles. The quantitative estimate of drug-likeness (QED) is 0.682. The fraction of sp³-hybridized carbons (Fsp3) is 1.00. The first-order valence-electron chi connectivity index (χ1n) is 5.50. The molecule has 0 amide bonds. The van der Waals surface area contributed by atoms with Crippen LogP contribution in [0.25, 0.3) is 0 Å². The molecule has 0 radical (unpaired) electrons. The second-order valence-electron chi connectivity index (χ2n) is 4.38. The summed E-state index contributed by atoms with van der Waals surface area (Å²) in [5, 5.41) is 3.67. The summed E-state index contributed by atoms with van der Waals surface area (Å²) < 4.78 is 0. The SMILES string of the molecule is CC[C@@H](NC(C)C)C1CCCC1. The van der Waals surface area contributed by atoms with Crippen molar-refractivity contribution in [2.24, 2.45) is 5.92 Å². The van der Waals surface area contributed by atoms with Gasteiger partial charge in [-0.2, -0.15) is 0 Å². The molecule has 1 atom stereocenters. The second kappa shape index (κ2) is 4.86. The zero-order valence-electron chi connectivity index (χ0n) is 8.77. The van der Waals surface area contributed by atoms with Crippen molar-refractivity contribution in [1.29, 1.82) is 0 Å². The van der Waals surface area contributed by atoms with Crippen LogP contribution in [0.15, 0.2) is 0 Å². The lowest BCUT2D eigenvalue weighted by molar-refractivity contribution is 0.328. The highest BCUT2D eigenvalue weighted by Gasteiger charge is 2.23. The Kier molecular flexibility index (Phi) is 4.07. The molecule has 0 aromatic rings. The highest BCUT2D eigenvalue weighted by Crippen LogP contribution is 2.29. The van der Waals surface area contributed by atoms with Crippen molar-refractivity contribution in [3.05, 3.63) is 0 Å². The molecule has 0 aliphatic heterocycles. The number of nitrogens with one attached hydrogen (secondary N) is 1. The molecule has 1 aliphatic rings. The van der Waals surface area contributed by atoms with Gasteiger partial charge in [0.15, 0.2) is 0 Å². The van der Waals surface area contributed by atoms with Gasteiger partial charge in [0.1, 0.15) is 0 Å². The van der Waals surface area contributed by atoms with E-state index in [9.17, 15) is 0 Å². The molecule has 1 aliphatic carbocycles. The highest BCUT2D eigenvalue weighted by atomic mass is 14.9. The molecule has 72 valence electrons. The smallest absolute Gasteiger partial charge is 0.00950 e. The van der Waals surface area contributed by atoms with Gasteiger partial charge in [0, 0.05) is 12.1 Å².